The largest absolute Gasteiger partial charge is 0.494 e. The van der Waals surface area contributed by atoms with Crippen LogP contribution in [0.3, 0.4) is 0 Å². The molecule has 0 spiro atoms. The number of hydrogen-bond acceptors (Lipinski definition) is 3. The van der Waals surface area contributed by atoms with E-state index in [0.717, 1.165) is 29.7 Å². The third-order valence-electron chi connectivity index (χ3n) is 6.07. The summed E-state index contributed by atoms with van der Waals surface area (Å²) in [5.41, 5.74) is 4.32. The van der Waals surface area contributed by atoms with Crippen molar-refractivity contribution in [1.29, 1.82) is 0 Å². The number of rotatable bonds is 5. The predicted molar refractivity (Wildman–Crippen MR) is 118 cm³/mol. The fourth-order valence-corrected chi connectivity index (χ4v) is 4.63. The highest BCUT2D eigenvalue weighted by molar-refractivity contribution is 6.09. The Hall–Kier alpha value is -3.34. The van der Waals surface area contributed by atoms with Gasteiger partial charge >= 0.3 is 0 Å². The zero-order chi connectivity index (χ0) is 20.7. The van der Waals surface area contributed by atoms with E-state index in [1.807, 2.05) is 37.3 Å². The first-order chi connectivity index (χ1) is 14.6. The molecule has 1 fully saturated rings. The van der Waals surface area contributed by atoms with E-state index in [4.69, 9.17) is 4.74 Å². The van der Waals surface area contributed by atoms with Gasteiger partial charge in [-0.25, -0.2) is 0 Å². The van der Waals surface area contributed by atoms with Gasteiger partial charge in [0, 0.05) is 24.0 Å². The van der Waals surface area contributed by atoms with Gasteiger partial charge in [0.25, 0.3) is 0 Å². The quantitative estimate of drug-likeness (QED) is 0.694. The van der Waals surface area contributed by atoms with Gasteiger partial charge in [0.05, 0.1) is 18.2 Å². The molecular weight excluding hydrogens is 376 g/mol. The summed E-state index contributed by atoms with van der Waals surface area (Å²) in [4.78, 5) is 27.4. The Kier molecular flexibility index (Phi) is 4.66. The fourth-order valence-electron chi connectivity index (χ4n) is 4.63. The van der Waals surface area contributed by atoms with E-state index in [2.05, 4.69) is 29.6 Å². The second-order valence-electron chi connectivity index (χ2n) is 7.94. The van der Waals surface area contributed by atoms with Crippen LogP contribution in [0.25, 0.3) is 10.8 Å². The maximum absolute atomic E-state index is 12.8. The lowest BCUT2D eigenvalue weighted by molar-refractivity contribution is -0.122. The average Bonchev–Trinajstić information content (AvgIpc) is 3.35. The summed E-state index contributed by atoms with van der Waals surface area (Å²) < 4.78 is 5.44. The molecule has 1 atom stereocenters. The highest BCUT2D eigenvalue weighted by Crippen LogP contribution is 2.38. The van der Waals surface area contributed by atoms with Gasteiger partial charge in [0.2, 0.25) is 11.8 Å². The molecule has 30 heavy (non-hydrogen) atoms. The van der Waals surface area contributed by atoms with Crippen LogP contribution in [0.15, 0.2) is 54.6 Å². The van der Waals surface area contributed by atoms with Gasteiger partial charge in [-0.1, -0.05) is 24.3 Å². The van der Waals surface area contributed by atoms with E-state index < -0.39 is 0 Å². The van der Waals surface area contributed by atoms with Crippen molar-refractivity contribution in [1.82, 2.24) is 0 Å². The Morgan fingerprint density at radius 3 is 2.60 bits per heavy atom. The van der Waals surface area contributed by atoms with Crippen molar-refractivity contribution in [2.75, 3.05) is 23.4 Å². The molecule has 5 nitrogen and oxygen atoms in total. The molecular formula is C25H24N2O3. The van der Waals surface area contributed by atoms with Gasteiger partial charge in [-0.05, 0) is 66.6 Å². The molecule has 0 unspecified atom stereocenters. The standard InChI is InChI=1S/C25H24N2O3/c1-2-30-20-11-9-19(10-12-20)26-25(29)18-14-23(28)27(15-18)22-13-8-17-7-6-16-4-3-5-21(22)24(16)17/h3-5,8-13,18H,2,6-7,14-15H2,1H3,(H,26,29)/t18-/m1/s1. The van der Waals surface area contributed by atoms with E-state index >= 15 is 0 Å². The Balaban J connectivity index is 1.35. The summed E-state index contributed by atoms with van der Waals surface area (Å²) in [6.45, 7) is 2.93. The van der Waals surface area contributed by atoms with Crippen LogP contribution in [0.4, 0.5) is 11.4 Å². The summed E-state index contributed by atoms with van der Waals surface area (Å²) in [7, 11) is 0. The van der Waals surface area contributed by atoms with Crippen LogP contribution in [0.1, 0.15) is 24.5 Å². The number of hydrogen-bond donors (Lipinski definition) is 1. The molecule has 1 aliphatic carbocycles. The van der Waals surface area contributed by atoms with Crippen molar-refractivity contribution in [3.05, 3.63) is 65.7 Å². The van der Waals surface area contributed by atoms with Crippen molar-refractivity contribution in [3.63, 3.8) is 0 Å². The molecule has 0 saturated carbocycles. The molecule has 5 heteroatoms. The molecule has 1 heterocycles. The average molecular weight is 400 g/mol. The molecule has 3 aromatic rings. The van der Waals surface area contributed by atoms with Gasteiger partial charge in [-0.2, -0.15) is 0 Å². The number of nitrogens with zero attached hydrogens (tertiary/aromatic N) is 1. The highest BCUT2D eigenvalue weighted by Gasteiger charge is 2.36. The van der Waals surface area contributed by atoms with Gasteiger partial charge in [-0.3, -0.25) is 9.59 Å². The van der Waals surface area contributed by atoms with Crippen LogP contribution in [0, 0.1) is 5.92 Å². The minimum Gasteiger partial charge on any atom is -0.494 e. The second-order valence-corrected chi connectivity index (χ2v) is 7.94. The van der Waals surface area contributed by atoms with Gasteiger partial charge in [0.15, 0.2) is 0 Å². The van der Waals surface area contributed by atoms with Gasteiger partial charge < -0.3 is 15.0 Å². The minimum absolute atomic E-state index is 0.000503. The van der Waals surface area contributed by atoms with E-state index in [1.54, 1.807) is 4.90 Å². The van der Waals surface area contributed by atoms with Crippen LogP contribution in [0.2, 0.25) is 0 Å². The molecule has 2 aliphatic rings. The van der Waals surface area contributed by atoms with Crippen LogP contribution in [-0.4, -0.2) is 25.0 Å². The third kappa shape index (κ3) is 3.20. The van der Waals surface area contributed by atoms with Crippen molar-refractivity contribution in [2.45, 2.75) is 26.2 Å². The zero-order valence-electron chi connectivity index (χ0n) is 17.0. The zero-order valence-corrected chi connectivity index (χ0v) is 17.0. The van der Waals surface area contributed by atoms with E-state index in [0.29, 0.717) is 18.8 Å². The smallest absolute Gasteiger partial charge is 0.229 e. The number of aryl methyl sites for hydroxylation is 2. The molecule has 0 bridgehead atoms. The molecule has 0 radical (unpaired) electrons. The topological polar surface area (TPSA) is 58.6 Å². The summed E-state index contributed by atoms with van der Waals surface area (Å²) >= 11 is 0. The number of carbonyl (C=O) groups excluding carboxylic acids is 2. The van der Waals surface area contributed by atoms with E-state index in [1.165, 1.54) is 16.5 Å². The number of nitrogens with one attached hydrogen (secondary N) is 1. The lowest BCUT2D eigenvalue weighted by Gasteiger charge is -2.20. The second kappa shape index (κ2) is 7.48. The van der Waals surface area contributed by atoms with Gasteiger partial charge in [-0.15, -0.1) is 0 Å². The molecule has 1 N–H and O–H groups in total. The Labute approximate surface area is 175 Å². The van der Waals surface area contributed by atoms with Crippen molar-refractivity contribution >= 4 is 34.0 Å². The van der Waals surface area contributed by atoms with Crippen LogP contribution in [0.5, 0.6) is 5.75 Å². The molecule has 1 aliphatic heterocycles. The number of benzene rings is 3. The fraction of sp³-hybridized carbons (Fsp3) is 0.280. The maximum Gasteiger partial charge on any atom is 0.229 e. The van der Waals surface area contributed by atoms with Crippen molar-refractivity contribution < 1.29 is 14.3 Å². The minimum atomic E-state index is -0.368. The number of amides is 2. The number of carbonyl (C=O) groups is 2. The molecule has 1 saturated heterocycles. The normalized spacial score (nSPS) is 17.6. The molecule has 152 valence electrons. The Morgan fingerprint density at radius 1 is 1.07 bits per heavy atom. The number of anilines is 2. The lowest BCUT2D eigenvalue weighted by atomic mass is 10.0. The lowest BCUT2D eigenvalue weighted by Crippen LogP contribution is -2.28. The third-order valence-corrected chi connectivity index (χ3v) is 6.07. The first-order valence-corrected chi connectivity index (χ1v) is 10.5. The molecule has 3 aromatic carbocycles. The molecule has 0 aromatic heterocycles. The first-order valence-electron chi connectivity index (χ1n) is 10.5. The first kappa shape index (κ1) is 18.7. The predicted octanol–water partition coefficient (Wildman–Crippen LogP) is 4.33. The summed E-state index contributed by atoms with van der Waals surface area (Å²) in [6.07, 6.45) is 2.33. The number of ether oxygens (including phenoxy) is 1. The van der Waals surface area contributed by atoms with Crippen molar-refractivity contribution in [3.8, 4) is 5.75 Å². The van der Waals surface area contributed by atoms with Crippen LogP contribution >= 0.6 is 0 Å². The summed E-state index contributed by atoms with van der Waals surface area (Å²) in [6, 6.07) is 17.8. The van der Waals surface area contributed by atoms with Crippen LogP contribution in [-0.2, 0) is 22.4 Å². The maximum atomic E-state index is 12.8. The van der Waals surface area contributed by atoms with E-state index in [9.17, 15) is 9.59 Å². The van der Waals surface area contributed by atoms with E-state index in [-0.39, 0.29) is 24.2 Å². The van der Waals surface area contributed by atoms with Crippen molar-refractivity contribution in [2.24, 2.45) is 5.92 Å². The summed E-state index contributed by atoms with van der Waals surface area (Å²) in [5, 5.41) is 5.33. The Morgan fingerprint density at radius 2 is 1.83 bits per heavy atom. The van der Waals surface area contributed by atoms with Gasteiger partial charge in [0.1, 0.15) is 5.75 Å². The molecule has 5 rings (SSSR count). The van der Waals surface area contributed by atoms with Crippen LogP contribution < -0.4 is 15.0 Å². The monoisotopic (exact) mass is 400 g/mol. The Bertz CT molecular complexity index is 1130. The highest BCUT2D eigenvalue weighted by atomic mass is 16.5. The molecule has 2 amide bonds. The SMILES string of the molecule is CCOc1ccc(NC(=O)[C@@H]2CC(=O)N(c3ccc4c5c(cccc35)CC4)C2)cc1. The summed E-state index contributed by atoms with van der Waals surface area (Å²) in [5.74, 6) is 0.276.